The van der Waals surface area contributed by atoms with Crippen LogP contribution in [0.5, 0.6) is 5.75 Å². The highest BCUT2D eigenvalue weighted by Gasteiger charge is 2.15. The molecule has 2 rings (SSSR count). The summed E-state index contributed by atoms with van der Waals surface area (Å²) in [5.74, 6) is 0.710. The topological polar surface area (TPSA) is 61.5 Å². The Morgan fingerprint density at radius 3 is 2.61 bits per heavy atom. The van der Waals surface area contributed by atoms with E-state index in [2.05, 4.69) is 15.1 Å². The third-order valence-corrected chi connectivity index (χ3v) is 3.43. The van der Waals surface area contributed by atoms with Crippen molar-refractivity contribution in [2.24, 2.45) is 0 Å². The predicted molar refractivity (Wildman–Crippen MR) is 89.5 cm³/mol. The van der Waals surface area contributed by atoms with Crippen LogP contribution in [0.4, 0.5) is 0 Å². The second-order valence-corrected chi connectivity index (χ2v) is 5.76. The first-order valence-corrected chi connectivity index (χ1v) is 7.68. The molecule has 0 aliphatic heterocycles. The summed E-state index contributed by atoms with van der Waals surface area (Å²) in [7, 11) is 5.84. The van der Waals surface area contributed by atoms with Gasteiger partial charge in [0.25, 0.3) is 5.91 Å². The van der Waals surface area contributed by atoms with E-state index in [1.807, 2.05) is 44.4 Å². The molecule has 0 saturated carbocycles. The molecule has 0 bridgehead atoms. The molecule has 1 amide bonds. The van der Waals surface area contributed by atoms with Crippen LogP contribution in [0.3, 0.4) is 0 Å². The maximum absolute atomic E-state index is 12.3. The molecular formula is C17H24N4O2. The number of nitrogens with one attached hydrogen (secondary N) is 1. The van der Waals surface area contributed by atoms with Gasteiger partial charge < -0.3 is 14.5 Å². The molecule has 2 aromatic rings. The van der Waals surface area contributed by atoms with Crippen molar-refractivity contribution in [3.8, 4) is 5.75 Å². The van der Waals surface area contributed by atoms with Crippen molar-refractivity contribution >= 4 is 5.91 Å². The average Bonchev–Trinajstić information content (AvgIpc) is 3.01. The van der Waals surface area contributed by atoms with Gasteiger partial charge in [-0.25, -0.2) is 0 Å². The Kier molecular flexibility index (Phi) is 6.17. The van der Waals surface area contributed by atoms with Crippen LogP contribution >= 0.6 is 0 Å². The minimum Gasteiger partial charge on any atom is -0.487 e. The van der Waals surface area contributed by atoms with Gasteiger partial charge in [-0.15, -0.1) is 0 Å². The quantitative estimate of drug-likeness (QED) is 0.809. The van der Waals surface area contributed by atoms with E-state index < -0.39 is 0 Å². The van der Waals surface area contributed by atoms with Gasteiger partial charge in [-0.1, -0.05) is 18.2 Å². The maximum Gasteiger partial charge on any atom is 0.274 e. The summed E-state index contributed by atoms with van der Waals surface area (Å²) in [6.45, 7) is 2.02. The van der Waals surface area contributed by atoms with Gasteiger partial charge in [0, 0.05) is 13.6 Å². The van der Waals surface area contributed by atoms with Crippen LogP contribution in [0.1, 0.15) is 22.6 Å². The molecule has 0 radical (unpaired) electrons. The summed E-state index contributed by atoms with van der Waals surface area (Å²) >= 11 is 0. The SMILES string of the molecule is CN(C)CCCN(C)C(=O)c1cc(COc2ccccc2)[nH]n1. The van der Waals surface area contributed by atoms with Crippen molar-refractivity contribution in [3.05, 3.63) is 47.8 Å². The van der Waals surface area contributed by atoms with E-state index in [-0.39, 0.29) is 5.91 Å². The molecule has 1 aromatic carbocycles. The molecule has 0 fully saturated rings. The van der Waals surface area contributed by atoms with Gasteiger partial charge in [0.2, 0.25) is 0 Å². The number of amides is 1. The van der Waals surface area contributed by atoms with Crippen LogP contribution in [-0.2, 0) is 6.61 Å². The van der Waals surface area contributed by atoms with Crippen molar-refractivity contribution in [2.75, 3.05) is 34.2 Å². The molecule has 0 unspecified atom stereocenters. The van der Waals surface area contributed by atoms with E-state index in [0.29, 0.717) is 18.8 Å². The summed E-state index contributed by atoms with van der Waals surface area (Å²) in [6, 6.07) is 11.3. The lowest BCUT2D eigenvalue weighted by molar-refractivity contribution is 0.0785. The fraction of sp³-hybridized carbons (Fsp3) is 0.412. The Balaban J connectivity index is 1.84. The Morgan fingerprint density at radius 1 is 1.17 bits per heavy atom. The van der Waals surface area contributed by atoms with Crippen LogP contribution in [0, 0.1) is 0 Å². The summed E-state index contributed by atoms with van der Waals surface area (Å²) in [5, 5.41) is 6.94. The number of nitrogens with zero attached hydrogens (tertiary/aromatic N) is 3. The molecule has 6 heteroatoms. The number of rotatable bonds is 8. The molecule has 0 aliphatic carbocycles. The lowest BCUT2D eigenvalue weighted by Gasteiger charge is -2.17. The number of H-pyrrole nitrogens is 1. The number of benzene rings is 1. The molecule has 0 spiro atoms. The fourth-order valence-corrected chi connectivity index (χ4v) is 2.14. The van der Waals surface area contributed by atoms with E-state index >= 15 is 0 Å². The van der Waals surface area contributed by atoms with Gasteiger partial charge in [0.05, 0.1) is 5.69 Å². The lowest BCUT2D eigenvalue weighted by atomic mass is 10.3. The van der Waals surface area contributed by atoms with E-state index in [1.165, 1.54) is 0 Å². The highest BCUT2D eigenvalue weighted by molar-refractivity contribution is 5.92. The van der Waals surface area contributed by atoms with Gasteiger partial charge in [-0.2, -0.15) is 5.10 Å². The molecule has 124 valence electrons. The molecule has 0 aliphatic rings. The monoisotopic (exact) mass is 316 g/mol. The highest BCUT2D eigenvalue weighted by Crippen LogP contribution is 2.11. The zero-order valence-corrected chi connectivity index (χ0v) is 14.0. The summed E-state index contributed by atoms with van der Waals surface area (Å²) in [4.78, 5) is 16.1. The van der Waals surface area contributed by atoms with Crippen LogP contribution in [0.15, 0.2) is 36.4 Å². The number of hydrogen-bond donors (Lipinski definition) is 1. The highest BCUT2D eigenvalue weighted by atomic mass is 16.5. The third kappa shape index (κ3) is 5.41. The zero-order valence-electron chi connectivity index (χ0n) is 14.0. The Morgan fingerprint density at radius 2 is 1.91 bits per heavy atom. The smallest absolute Gasteiger partial charge is 0.274 e. The molecule has 0 saturated heterocycles. The van der Waals surface area contributed by atoms with Gasteiger partial charge in [0.15, 0.2) is 5.69 Å². The van der Waals surface area contributed by atoms with Crippen molar-refractivity contribution in [1.29, 1.82) is 0 Å². The molecular weight excluding hydrogens is 292 g/mol. The number of aromatic nitrogens is 2. The summed E-state index contributed by atoms with van der Waals surface area (Å²) in [6.07, 6.45) is 0.934. The molecule has 1 heterocycles. The predicted octanol–water partition coefficient (Wildman–Crippen LogP) is 2.01. The van der Waals surface area contributed by atoms with Crippen molar-refractivity contribution in [2.45, 2.75) is 13.0 Å². The molecule has 23 heavy (non-hydrogen) atoms. The van der Waals surface area contributed by atoms with Crippen molar-refractivity contribution in [3.63, 3.8) is 0 Å². The van der Waals surface area contributed by atoms with E-state index in [0.717, 1.165) is 24.4 Å². The van der Waals surface area contributed by atoms with Crippen LogP contribution in [0.2, 0.25) is 0 Å². The second-order valence-electron chi connectivity index (χ2n) is 5.76. The van der Waals surface area contributed by atoms with Crippen LogP contribution < -0.4 is 4.74 Å². The minimum atomic E-state index is -0.0778. The molecule has 0 atom stereocenters. The number of carbonyl (C=O) groups excluding carboxylic acids is 1. The Bertz CT molecular complexity index is 610. The number of carbonyl (C=O) groups is 1. The van der Waals surface area contributed by atoms with E-state index in [9.17, 15) is 4.79 Å². The third-order valence-electron chi connectivity index (χ3n) is 3.43. The van der Waals surface area contributed by atoms with E-state index in [4.69, 9.17) is 4.74 Å². The number of hydrogen-bond acceptors (Lipinski definition) is 4. The van der Waals surface area contributed by atoms with Crippen molar-refractivity contribution in [1.82, 2.24) is 20.0 Å². The average molecular weight is 316 g/mol. The van der Waals surface area contributed by atoms with Gasteiger partial charge in [-0.3, -0.25) is 9.89 Å². The normalized spacial score (nSPS) is 10.8. The lowest BCUT2D eigenvalue weighted by Crippen LogP contribution is -2.30. The number of ether oxygens (including phenoxy) is 1. The zero-order chi connectivity index (χ0) is 16.7. The first-order chi connectivity index (χ1) is 11.1. The first kappa shape index (κ1) is 17.0. The summed E-state index contributed by atoms with van der Waals surface area (Å²) in [5.41, 5.74) is 1.20. The first-order valence-electron chi connectivity index (χ1n) is 7.68. The standard InChI is InChI=1S/C17H24N4O2/c1-20(2)10-7-11-21(3)17(22)16-12-14(18-19-16)13-23-15-8-5-4-6-9-15/h4-6,8-9,12H,7,10-11,13H2,1-3H3,(H,18,19). The van der Waals surface area contributed by atoms with Gasteiger partial charge in [0.1, 0.15) is 12.4 Å². The minimum absolute atomic E-state index is 0.0778. The van der Waals surface area contributed by atoms with Gasteiger partial charge in [-0.05, 0) is 45.3 Å². The van der Waals surface area contributed by atoms with E-state index in [1.54, 1.807) is 18.0 Å². The number of aromatic amines is 1. The largest absolute Gasteiger partial charge is 0.487 e. The van der Waals surface area contributed by atoms with Crippen LogP contribution in [-0.4, -0.2) is 60.1 Å². The number of para-hydroxylation sites is 1. The second kappa shape index (κ2) is 8.33. The fourth-order valence-electron chi connectivity index (χ4n) is 2.14. The molecule has 1 aromatic heterocycles. The maximum atomic E-state index is 12.3. The summed E-state index contributed by atoms with van der Waals surface area (Å²) < 4.78 is 5.64. The molecule has 6 nitrogen and oxygen atoms in total. The Labute approximate surface area is 137 Å². The van der Waals surface area contributed by atoms with Crippen molar-refractivity contribution < 1.29 is 9.53 Å². The molecule has 1 N–H and O–H groups in total. The van der Waals surface area contributed by atoms with Crippen LogP contribution in [0.25, 0.3) is 0 Å². The van der Waals surface area contributed by atoms with Gasteiger partial charge >= 0.3 is 0 Å². The Hall–Kier alpha value is -2.34.